The lowest BCUT2D eigenvalue weighted by atomic mass is 10.2. The van der Waals surface area contributed by atoms with E-state index in [2.05, 4.69) is 4.90 Å². The SMILES string of the molecule is CN1CCN(c2ccc(CS(=O)(=O)Cl)cc2F)CC1. The quantitative estimate of drug-likeness (QED) is 0.796. The third-order valence-electron chi connectivity index (χ3n) is 3.20. The minimum absolute atomic E-state index is 0.353. The fourth-order valence-electron chi connectivity index (χ4n) is 2.14. The maximum Gasteiger partial charge on any atom is 0.236 e. The molecule has 0 aromatic heterocycles. The molecule has 1 saturated heterocycles. The lowest BCUT2D eigenvalue weighted by Crippen LogP contribution is -2.44. The normalized spacial score (nSPS) is 17.7. The summed E-state index contributed by atoms with van der Waals surface area (Å²) in [4.78, 5) is 4.15. The Morgan fingerprint density at radius 2 is 1.89 bits per heavy atom. The molecule has 0 amide bonds. The first-order valence-corrected chi connectivity index (χ1v) is 8.47. The summed E-state index contributed by atoms with van der Waals surface area (Å²) in [5, 5.41) is 0. The predicted octanol–water partition coefficient (Wildman–Crippen LogP) is 1.65. The second-order valence-corrected chi connectivity index (χ2v) is 7.54. The van der Waals surface area contributed by atoms with Crippen molar-refractivity contribution in [2.75, 3.05) is 38.1 Å². The van der Waals surface area contributed by atoms with Gasteiger partial charge < -0.3 is 9.80 Å². The maximum absolute atomic E-state index is 14.0. The van der Waals surface area contributed by atoms with Gasteiger partial charge in [0.1, 0.15) is 5.82 Å². The van der Waals surface area contributed by atoms with E-state index in [1.807, 2.05) is 11.9 Å². The summed E-state index contributed by atoms with van der Waals surface area (Å²) in [6, 6.07) is 4.47. The molecule has 0 unspecified atom stereocenters. The number of hydrogen-bond donors (Lipinski definition) is 0. The second kappa shape index (κ2) is 5.64. The van der Waals surface area contributed by atoms with Gasteiger partial charge in [-0.25, -0.2) is 12.8 Å². The number of piperazine rings is 1. The number of rotatable bonds is 3. The summed E-state index contributed by atoms with van der Waals surface area (Å²) in [6.45, 7) is 3.30. The molecule has 1 heterocycles. The first kappa shape index (κ1) is 14.6. The van der Waals surface area contributed by atoms with Crippen molar-refractivity contribution in [2.45, 2.75) is 5.75 Å². The Hall–Kier alpha value is -0.850. The number of hydrogen-bond acceptors (Lipinski definition) is 4. The third-order valence-corrected chi connectivity index (χ3v) is 4.20. The zero-order valence-electron chi connectivity index (χ0n) is 10.6. The molecule has 7 heteroatoms. The number of likely N-dealkylation sites (N-methyl/N-ethyl adjacent to an activating group) is 1. The van der Waals surface area contributed by atoms with Gasteiger partial charge in [-0.1, -0.05) is 6.07 Å². The molecule has 4 nitrogen and oxygen atoms in total. The summed E-state index contributed by atoms with van der Waals surface area (Å²) >= 11 is 0. The predicted molar refractivity (Wildman–Crippen MR) is 74.6 cm³/mol. The molecule has 106 valence electrons. The lowest BCUT2D eigenvalue weighted by molar-refractivity contribution is 0.311. The van der Waals surface area contributed by atoms with Crippen molar-refractivity contribution in [3.8, 4) is 0 Å². The first-order chi connectivity index (χ1) is 8.85. The number of benzene rings is 1. The summed E-state index contributed by atoms with van der Waals surface area (Å²) in [6.07, 6.45) is 0. The van der Waals surface area contributed by atoms with Crippen LogP contribution < -0.4 is 4.90 Å². The van der Waals surface area contributed by atoms with Gasteiger partial charge >= 0.3 is 0 Å². The van der Waals surface area contributed by atoms with Gasteiger partial charge in [-0.05, 0) is 24.7 Å². The largest absolute Gasteiger partial charge is 0.367 e. The van der Waals surface area contributed by atoms with E-state index in [-0.39, 0.29) is 5.75 Å². The average Bonchev–Trinajstić information content (AvgIpc) is 2.29. The summed E-state index contributed by atoms with van der Waals surface area (Å²) < 4.78 is 35.9. The van der Waals surface area contributed by atoms with Crippen molar-refractivity contribution in [1.82, 2.24) is 4.90 Å². The molecule has 19 heavy (non-hydrogen) atoms. The van der Waals surface area contributed by atoms with Gasteiger partial charge in [0.2, 0.25) is 9.05 Å². The van der Waals surface area contributed by atoms with E-state index in [1.54, 1.807) is 12.1 Å². The highest BCUT2D eigenvalue weighted by Crippen LogP contribution is 2.23. The zero-order chi connectivity index (χ0) is 14.0. The van der Waals surface area contributed by atoms with Crippen molar-refractivity contribution < 1.29 is 12.8 Å². The maximum atomic E-state index is 14.0. The van der Waals surface area contributed by atoms with Gasteiger partial charge in [-0.15, -0.1) is 0 Å². The average molecular weight is 307 g/mol. The van der Waals surface area contributed by atoms with E-state index in [0.29, 0.717) is 11.3 Å². The van der Waals surface area contributed by atoms with E-state index in [4.69, 9.17) is 10.7 Å². The molecule has 0 radical (unpaired) electrons. The van der Waals surface area contributed by atoms with Crippen molar-refractivity contribution in [1.29, 1.82) is 0 Å². The van der Waals surface area contributed by atoms with E-state index in [0.717, 1.165) is 26.2 Å². The van der Waals surface area contributed by atoms with Crippen LogP contribution in [0.1, 0.15) is 5.56 Å². The van der Waals surface area contributed by atoms with Gasteiger partial charge in [0.05, 0.1) is 11.4 Å². The highest BCUT2D eigenvalue weighted by molar-refractivity contribution is 8.13. The van der Waals surface area contributed by atoms with Crippen LogP contribution in [0.2, 0.25) is 0 Å². The van der Waals surface area contributed by atoms with Crippen molar-refractivity contribution in [3.63, 3.8) is 0 Å². The molecule has 1 aliphatic rings. The molecule has 0 aliphatic carbocycles. The highest BCUT2D eigenvalue weighted by atomic mass is 35.7. The molecule has 0 atom stereocenters. The number of anilines is 1. The Balaban J connectivity index is 2.15. The summed E-state index contributed by atoms with van der Waals surface area (Å²) in [5.74, 6) is -0.753. The molecular formula is C12H16ClFN2O2S. The van der Waals surface area contributed by atoms with Crippen molar-refractivity contribution >= 4 is 25.4 Å². The van der Waals surface area contributed by atoms with Crippen LogP contribution >= 0.6 is 10.7 Å². The van der Waals surface area contributed by atoms with Crippen molar-refractivity contribution in [2.24, 2.45) is 0 Å². The Morgan fingerprint density at radius 1 is 1.26 bits per heavy atom. The zero-order valence-corrected chi connectivity index (χ0v) is 12.2. The highest BCUT2D eigenvalue weighted by Gasteiger charge is 2.18. The van der Waals surface area contributed by atoms with E-state index < -0.39 is 14.9 Å². The third kappa shape index (κ3) is 4.06. The van der Waals surface area contributed by atoms with Gasteiger partial charge in [0.25, 0.3) is 0 Å². The second-order valence-electron chi connectivity index (χ2n) is 4.76. The van der Waals surface area contributed by atoms with Gasteiger partial charge in [0.15, 0.2) is 0 Å². The van der Waals surface area contributed by atoms with E-state index >= 15 is 0 Å². The van der Waals surface area contributed by atoms with E-state index in [1.165, 1.54) is 6.07 Å². The van der Waals surface area contributed by atoms with E-state index in [9.17, 15) is 12.8 Å². The molecule has 1 aliphatic heterocycles. The lowest BCUT2D eigenvalue weighted by Gasteiger charge is -2.34. The fourth-order valence-corrected chi connectivity index (χ4v) is 3.10. The van der Waals surface area contributed by atoms with Crippen LogP contribution in [0.5, 0.6) is 0 Å². The van der Waals surface area contributed by atoms with Crippen LogP contribution in [-0.4, -0.2) is 46.5 Å². The van der Waals surface area contributed by atoms with Gasteiger partial charge in [0, 0.05) is 36.9 Å². The van der Waals surface area contributed by atoms with Crippen molar-refractivity contribution in [3.05, 3.63) is 29.6 Å². The van der Waals surface area contributed by atoms with Crippen LogP contribution in [0.4, 0.5) is 10.1 Å². The van der Waals surface area contributed by atoms with Gasteiger partial charge in [-0.3, -0.25) is 0 Å². The van der Waals surface area contributed by atoms with Gasteiger partial charge in [-0.2, -0.15) is 0 Å². The molecule has 2 rings (SSSR count). The van der Waals surface area contributed by atoms with Crippen LogP contribution in [0.25, 0.3) is 0 Å². The smallest absolute Gasteiger partial charge is 0.236 e. The first-order valence-electron chi connectivity index (χ1n) is 5.99. The number of halogens is 2. The Bertz CT molecular complexity index is 557. The Morgan fingerprint density at radius 3 is 2.42 bits per heavy atom. The molecule has 0 spiro atoms. The Kier molecular flexibility index (Phi) is 4.32. The van der Waals surface area contributed by atoms with Crippen LogP contribution in [-0.2, 0) is 14.8 Å². The minimum atomic E-state index is -3.65. The van der Waals surface area contributed by atoms with Crippen LogP contribution in [0.15, 0.2) is 18.2 Å². The summed E-state index contributed by atoms with van der Waals surface area (Å²) in [7, 11) is 3.53. The standard InChI is InChI=1S/C12H16ClFN2O2S/c1-15-4-6-16(7-5-15)12-3-2-10(8-11(12)14)9-19(13,17)18/h2-3,8H,4-7,9H2,1H3. The Labute approximate surface area is 117 Å². The van der Waals surface area contributed by atoms with Crippen LogP contribution in [0.3, 0.4) is 0 Å². The monoisotopic (exact) mass is 306 g/mol. The molecular weight excluding hydrogens is 291 g/mol. The molecule has 1 aromatic rings. The molecule has 1 fully saturated rings. The molecule has 1 aromatic carbocycles. The number of nitrogens with zero attached hydrogens (tertiary/aromatic N) is 2. The molecule has 0 saturated carbocycles. The topological polar surface area (TPSA) is 40.6 Å². The molecule has 0 N–H and O–H groups in total. The molecule has 0 bridgehead atoms. The van der Waals surface area contributed by atoms with Crippen LogP contribution in [0, 0.1) is 5.82 Å². The summed E-state index contributed by atoms with van der Waals surface area (Å²) in [5.41, 5.74) is 0.884. The minimum Gasteiger partial charge on any atom is -0.367 e. The fraction of sp³-hybridized carbons (Fsp3) is 0.500.